The third-order valence-electron chi connectivity index (χ3n) is 4.02. The third kappa shape index (κ3) is 2.80. The van der Waals surface area contributed by atoms with Crippen LogP contribution in [-0.4, -0.2) is 6.54 Å². The lowest BCUT2D eigenvalue weighted by atomic mass is 9.92. The van der Waals surface area contributed by atoms with Gasteiger partial charge in [-0.3, -0.25) is 0 Å². The van der Waals surface area contributed by atoms with Gasteiger partial charge in [0.15, 0.2) is 0 Å². The van der Waals surface area contributed by atoms with Gasteiger partial charge in [0.05, 0.1) is 6.04 Å². The summed E-state index contributed by atoms with van der Waals surface area (Å²) in [5.41, 5.74) is 2.49. The van der Waals surface area contributed by atoms with Crippen molar-refractivity contribution < 1.29 is 4.42 Å². The van der Waals surface area contributed by atoms with Gasteiger partial charge in [-0.1, -0.05) is 31.2 Å². The molecule has 2 nitrogen and oxygen atoms in total. The normalized spacial score (nSPS) is 17.1. The van der Waals surface area contributed by atoms with Gasteiger partial charge in [0.25, 0.3) is 0 Å². The van der Waals surface area contributed by atoms with Crippen LogP contribution in [0.15, 0.2) is 46.4 Å². The molecule has 1 aromatic heterocycles. The first-order valence-corrected chi connectivity index (χ1v) is 7.79. The number of furan rings is 1. The second-order valence-corrected chi connectivity index (χ2v) is 5.60. The van der Waals surface area contributed by atoms with Crippen molar-refractivity contribution in [1.29, 1.82) is 0 Å². The van der Waals surface area contributed by atoms with Gasteiger partial charge < -0.3 is 9.73 Å². The minimum absolute atomic E-state index is 0.252. The number of hydrogen-bond acceptors (Lipinski definition) is 2. The summed E-state index contributed by atoms with van der Waals surface area (Å²) in [5, 5.41) is 4.85. The summed E-state index contributed by atoms with van der Waals surface area (Å²) in [7, 11) is 0. The predicted octanol–water partition coefficient (Wildman–Crippen LogP) is 4.97. The smallest absolute Gasteiger partial charge is 0.134 e. The molecule has 20 heavy (non-hydrogen) atoms. The first-order chi connectivity index (χ1) is 9.88. The molecule has 1 aromatic carbocycles. The monoisotopic (exact) mass is 269 g/mol. The molecular formula is C18H23NO. The minimum atomic E-state index is 0.252. The highest BCUT2D eigenvalue weighted by molar-refractivity contribution is 5.77. The summed E-state index contributed by atoms with van der Waals surface area (Å²) < 4.78 is 6.08. The van der Waals surface area contributed by atoms with E-state index in [4.69, 9.17) is 4.42 Å². The molecule has 0 fully saturated rings. The summed E-state index contributed by atoms with van der Waals surface area (Å²) in [6.45, 7) is 3.23. The zero-order valence-electron chi connectivity index (χ0n) is 12.2. The largest absolute Gasteiger partial charge is 0.459 e. The highest BCUT2D eigenvalue weighted by Gasteiger charge is 2.21. The summed E-state index contributed by atoms with van der Waals surface area (Å²) in [6, 6.07) is 10.7. The van der Waals surface area contributed by atoms with Gasteiger partial charge in [0.1, 0.15) is 11.3 Å². The van der Waals surface area contributed by atoms with Gasteiger partial charge in [-0.15, -0.1) is 0 Å². The van der Waals surface area contributed by atoms with Crippen LogP contribution < -0.4 is 5.32 Å². The number of fused-ring (bicyclic) bond motifs is 1. The molecule has 0 bridgehead atoms. The van der Waals surface area contributed by atoms with E-state index in [-0.39, 0.29) is 6.04 Å². The van der Waals surface area contributed by atoms with Crippen LogP contribution in [0.4, 0.5) is 0 Å². The first kappa shape index (κ1) is 13.4. The lowest BCUT2D eigenvalue weighted by Crippen LogP contribution is -2.24. The number of nitrogens with one attached hydrogen (secondary N) is 1. The zero-order valence-corrected chi connectivity index (χ0v) is 12.2. The van der Waals surface area contributed by atoms with Crippen molar-refractivity contribution in [3.8, 4) is 0 Å². The Morgan fingerprint density at radius 1 is 1.25 bits per heavy atom. The molecular weight excluding hydrogens is 246 g/mol. The summed E-state index contributed by atoms with van der Waals surface area (Å²) in [4.78, 5) is 0. The lowest BCUT2D eigenvalue weighted by molar-refractivity contribution is 0.449. The van der Waals surface area contributed by atoms with E-state index in [0.29, 0.717) is 0 Å². The molecule has 1 aliphatic rings. The van der Waals surface area contributed by atoms with Gasteiger partial charge in [-0.05, 0) is 56.4 Å². The van der Waals surface area contributed by atoms with Crippen molar-refractivity contribution in [3.63, 3.8) is 0 Å². The first-order valence-electron chi connectivity index (χ1n) is 7.79. The molecule has 106 valence electrons. The number of rotatable bonds is 5. The Hall–Kier alpha value is -1.54. The minimum Gasteiger partial charge on any atom is -0.459 e. The second kappa shape index (κ2) is 6.27. The molecule has 2 heteroatoms. The van der Waals surface area contributed by atoms with E-state index in [1.165, 1.54) is 36.6 Å². The fraction of sp³-hybridized carbons (Fsp3) is 0.444. The van der Waals surface area contributed by atoms with Crippen molar-refractivity contribution in [2.45, 2.75) is 45.1 Å². The number of allylic oxidation sites excluding steroid dienone is 1. The molecule has 1 atom stereocenters. The maximum absolute atomic E-state index is 6.08. The van der Waals surface area contributed by atoms with Crippen LogP contribution in [0.2, 0.25) is 0 Å². The van der Waals surface area contributed by atoms with Crippen LogP contribution in [0.1, 0.15) is 50.8 Å². The number of para-hydroxylation sites is 1. The summed E-state index contributed by atoms with van der Waals surface area (Å²) in [6.07, 6.45) is 8.58. The molecule has 0 saturated heterocycles. The molecule has 3 rings (SSSR count). The molecule has 1 heterocycles. The Morgan fingerprint density at radius 2 is 2.15 bits per heavy atom. The Bertz CT molecular complexity index is 563. The van der Waals surface area contributed by atoms with E-state index in [9.17, 15) is 0 Å². The van der Waals surface area contributed by atoms with Crippen LogP contribution in [-0.2, 0) is 0 Å². The summed E-state index contributed by atoms with van der Waals surface area (Å²) >= 11 is 0. The number of benzene rings is 1. The molecule has 0 saturated carbocycles. The van der Waals surface area contributed by atoms with E-state index in [0.717, 1.165) is 24.3 Å². The quantitative estimate of drug-likeness (QED) is 0.775. The summed E-state index contributed by atoms with van der Waals surface area (Å²) in [5.74, 6) is 1.06. The fourth-order valence-corrected chi connectivity index (χ4v) is 2.97. The number of hydrogen-bond donors (Lipinski definition) is 1. The van der Waals surface area contributed by atoms with E-state index in [1.54, 1.807) is 0 Å². The standard InChI is InChI=1S/C18H23NO/c1-2-12-19-18(14-8-4-3-5-9-14)17-13-15-10-6-7-11-16(15)20-17/h6-8,10-11,13,18-19H,2-5,9,12H2,1H3. The Labute approximate surface area is 120 Å². The van der Waals surface area contributed by atoms with Gasteiger partial charge in [-0.25, -0.2) is 0 Å². The maximum atomic E-state index is 6.08. The molecule has 0 radical (unpaired) electrons. The average molecular weight is 269 g/mol. The van der Waals surface area contributed by atoms with Crippen molar-refractivity contribution in [2.75, 3.05) is 6.54 Å². The van der Waals surface area contributed by atoms with E-state index in [2.05, 4.69) is 36.5 Å². The van der Waals surface area contributed by atoms with E-state index in [1.807, 2.05) is 12.1 Å². The van der Waals surface area contributed by atoms with E-state index < -0.39 is 0 Å². The molecule has 0 aliphatic heterocycles. The van der Waals surface area contributed by atoms with E-state index >= 15 is 0 Å². The molecule has 1 aliphatic carbocycles. The molecule has 0 amide bonds. The average Bonchev–Trinajstić information content (AvgIpc) is 2.92. The molecule has 0 spiro atoms. The molecule has 2 aromatic rings. The van der Waals surface area contributed by atoms with Gasteiger partial charge >= 0.3 is 0 Å². The molecule has 1 N–H and O–H groups in total. The Kier molecular flexibility index (Phi) is 4.22. The van der Waals surface area contributed by atoms with Crippen molar-refractivity contribution in [3.05, 3.63) is 47.7 Å². The van der Waals surface area contributed by atoms with Crippen LogP contribution >= 0.6 is 0 Å². The SMILES string of the molecule is CCCNC(C1=CCCCC1)c1cc2ccccc2o1. The van der Waals surface area contributed by atoms with Crippen LogP contribution in [0.3, 0.4) is 0 Å². The third-order valence-corrected chi connectivity index (χ3v) is 4.02. The van der Waals surface area contributed by atoms with Crippen LogP contribution in [0, 0.1) is 0 Å². The molecule has 1 unspecified atom stereocenters. The Balaban J connectivity index is 1.92. The van der Waals surface area contributed by atoms with Crippen LogP contribution in [0.25, 0.3) is 11.0 Å². The second-order valence-electron chi connectivity index (χ2n) is 5.60. The van der Waals surface area contributed by atoms with Crippen molar-refractivity contribution in [1.82, 2.24) is 5.32 Å². The van der Waals surface area contributed by atoms with Gasteiger partial charge in [0, 0.05) is 5.39 Å². The lowest BCUT2D eigenvalue weighted by Gasteiger charge is -2.22. The van der Waals surface area contributed by atoms with Gasteiger partial charge in [-0.2, -0.15) is 0 Å². The zero-order chi connectivity index (χ0) is 13.8. The van der Waals surface area contributed by atoms with Crippen molar-refractivity contribution >= 4 is 11.0 Å². The highest BCUT2D eigenvalue weighted by Crippen LogP contribution is 2.33. The van der Waals surface area contributed by atoms with Crippen molar-refractivity contribution in [2.24, 2.45) is 0 Å². The van der Waals surface area contributed by atoms with Gasteiger partial charge in [0.2, 0.25) is 0 Å². The predicted molar refractivity (Wildman–Crippen MR) is 83.8 cm³/mol. The Morgan fingerprint density at radius 3 is 2.90 bits per heavy atom. The fourth-order valence-electron chi connectivity index (χ4n) is 2.97. The highest BCUT2D eigenvalue weighted by atomic mass is 16.3. The topological polar surface area (TPSA) is 25.2 Å². The van der Waals surface area contributed by atoms with Crippen LogP contribution in [0.5, 0.6) is 0 Å². The maximum Gasteiger partial charge on any atom is 0.134 e.